The van der Waals surface area contributed by atoms with E-state index in [0.29, 0.717) is 6.54 Å². The SMILES string of the molecule is O=C(Nc1ccccc1)N1CCC(n2nccn2)C1. The van der Waals surface area contributed by atoms with Crippen molar-refractivity contribution in [2.24, 2.45) is 0 Å². The van der Waals surface area contributed by atoms with Crippen LogP contribution in [0, 0.1) is 0 Å². The predicted molar refractivity (Wildman–Crippen MR) is 70.7 cm³/mol. The van der Waals surface area contributed by atoms with Crippen molar-refractivity contribution in [2.75, 3.05) is 18.4 Å². The summed E-state index contributed by atoms with van der Waals surface area (Å²) in [7, 11) is 0. The van der Waals surface area contributed by atoms with Gasteiger partial charge in [-0.25, -0.2) is 4.79 Å². The molecular formula is C13H15N5O. The van der Waals surface area contributed by atoms with E-state index in [0.717, 1.165) is 18.7 Å². The molecule has 3 rings (SSSR count). The number of rotatable bonds is 2. The molecule has 19 heavy (non-hydrogen) atoms. The fourth-order valence-corrected chi connectivity index (χ4v) is 2.25. The molecule has 2 heterocycles. The zero-order valence-electron chi connectivity index (χ0n) is 10.4. The summed E-state index contributed by atoms with van der Waals surface area (Å²) in [6.45, 7) is 1.37. The van der Waals surface area contributed by atoms with Gasteiger partial charge >= 0.3 is 6.03 Å². The number of urea groups is 1. The first-order valence-corrected chi connectivity index (χ1v) is 6.30. The van der Waals surface area contributed by atoms with Gasteiger partial charge in [-0.15, -0.1) is 0 Å². The molecule has 1 aromatic carbocycles. The van der Waals surface area contributed by atoms with Crippen molar-refractivity contribution in [3.05, 3.63) is 42.7 Å². The Morgan fingerprint density at radius 1 is 1.21 bits per heavy atom. The molecule has 6 heteroatoms. The zero-order valence-corrected chi connectivity index (χ0v) is 10.4. The maximum absolute atomic E-state index is 12.1. The summed E-state index contributed by atoms with van der Waals surface area (Å²) < 4.78 is 0. The summed E-state index contributed by atoms with van der Waals surface area (Å²) in [5.41, 5.74) is 0.813. The topological polar surface area (TPSA) is 63.1 Å². The molecule has 0 saturated carbocycles. The highest BCUT2D eigenvalue weighted by molar-refractivity contribution is 5.89. The molecule has 1 atom stereocenters. The first kappa shape index (κ1) is 11.7. The van der Waals surface area contributed by atoms with E-state index in [1.807, 2.05) is 30.3 Å². The molecule has 98 valence electrons. The lowest BCUT2D eigenvalue weighted by Gasteiger charge is -2.17. The molecule has 1 aliphatic rings. The van der Waals surface area contributed by atoms with E-state index in [-0.39, 0.29) is 12.1 Å². The summed E-state index contributed by atoms with van der Waals surface area (Å²) in [6.07, 6.45) is 4.20. The van der Waals surface area contributed by atoms with E-state index in [9.17, 15) is 4.79 Å². The van der Waals surface area contributed by atoms with Crippen LogP contribution in [0.4, 0.5) is 10.5 Å². The quantitative estimate of drug-likeness (QED) is 0.891. The van der Waals surface area contributed by atoms with Gasteiger partial charge in [-0.2, -0.15) is 15.0 Å². The van der Waals surface area contributed by atoms with Crippen molar-refractivity contribution in [1.29, 1.82) is 0 Å². The van der Waals surface area contributed by atoms with E-state index in [1.54, 1.807) is 22.1 Å². The number of aromatic nitrogens is 3. The lowest BCUT2D eigenvalue weighted by atomic mass is 10.3. The van der Waals surface area contributed by atoms with Gasteiger partial charge in [0, 0.05) is 18.8 Å². The second-order valence-electron chi connectivity index (χ2n) is 4.53. The van der Waals surface area contributed by atoms with Crippen LogP contribution in [0.25, 0.3) is 0 Å². The van der Waals surface area contributed by atoms with Crippen molar-refractivity contribution in [2.45, 2.75) is 12.5 Å². The van der Waals surface area contributed by atoms with Gasteiger partial charge in [0.2, 0.25) is 0 Å². The molecule has 6 nitrogen and oxygen atoms in total. The minimum atomic E-state index is -0.0687. The van der Waals surface area contributed by atoms with Gasteiger partial charge in [0.15, 0.2) is 0 Å². The lowest BCUT2D eigenvalue weighted by Crippen LogP contribution is -2.33. The zero-order chi connectivity index (χ0) is 13.1. The van der Waals surface area contributed by atoms with Gasteiger partial charge in [-0.1, -0.05) is 18.2 Å². The standard InChI is InChI=1S/C13H15N5O/c19-13(16-11-4-2-1-3-5-11)17-9-6-12(10-17)18-14-7-8-15-18/h1-5,7-8,12H,6,9-10H2,(H,16,19). The summed E-state index contributed by atoms with van der Waals surface area (Å²) >= 11 is 0. The minimum absolute atomic E-state index is 0.0687. The molecule has 1 fully saturated rings. The fourth-order valence-electron chi connectivity index (χ4n) is 2.25. The number of carbonyl (C=O) groups excluding carboxylic acids is 1. The number of anilines is 1. The maximum Gasteiger partial charge on any atom is 0.321 e. The van der Waals surface area contributed by atoms with E-state index >= 15 is 0 Å². The average Bonchev–Trinajstić information content (AvgIpc) is 3.11. The van der Waals surface area contributed by atoms with E-state index in [1.165, 1.54) is 0 Å². The van der Waals surface area contributed by atoms with Crippen molar-refractivity contribution in [3.8, 4) is 0 Å². The Bertz CT molecular complexity index is 539. The van der Waals surface area contributed by atoms with Crippen LogP contribution in [0.1, 0.15) is 12.5 Å². The Morgan fingerprint density at radius 3 is 2.68 bits per heavy atom. The third kappa shape index (κ3) is 2.57. The number of hydrogen-bond donors (Lipinski definition) is 1. The molecule has 0 radical (unpaired) electrons. The largest absolute Gasteiger partial charge is 0.322 e. The van der Waals surface area contributed by atoms with E-state index < -0.39 is 0 Å². The van der Waals surface area contributed by atoms with Crippen LogP contribution in [0.5, 0.6) is 0 Å². The number of hydrogen-bond acceptors (Lipinski definition) is 3. The monoisotopic (exact) mass is 257 g/mol. The Hall–Kier alpha value is -2.37. The first-order chi connectivity index (χ1) is 9.33. The Morgan fingerprint density at radius 2 is 1.95 bits per heavy atom. The highest BCUT2D eigenvalue weighted by atomic mass is 16.2. The van der Waals surface area contributed by atoms with E-state index in [4.69, 9.17) is 0 Å². The van der Waals surface area contributed by atoms with Crippen LogP contribution in [0.15, 0.2) is 42.7 Å². The molecule has 1 unspecified atom stereocenters. The van der Waals surface area contributed by atoms with Crippen molar-refractivity contribution >= 4 is 11.7 Å². The summed E-state index contributed by atoms with van der Waals surface area (Å²) in [5.74, 6) is 0. The predicted octanol–water partition coefficient (Wildman–Crippen LogP) is 1.76. The maximum atomic E-state index is 12.1. The highest BCUT2D eigenvalue weighted by Gasteiger charge is 2.28. The van der Waals surface area contributed by atoms with Gasteiger partial charge in [0.05, 0.1) is 18.4 Å². The lowest BCUT2D eigenvalue weighted by molar-refractivity contribution is 0.220. The van der Waals surface area contributed by atoms with Crippen LogP contribution in [0.2, 0.25) is 0 Å². The third-order valence-electron chi connectivity index (χ3n) is 3.24. The second-order valence-corrected chi connectivity index (χ2v) is 4.53. The number of likely N-dealkylation sites (tertiary alicyclic amines) is 1. The third-order valence-corrected chi connectivity index (χ3v) is 3.24. The van der Waals surface area contributed by atoms with E-state index in [2.05, 4.69) is 15.5 Å². The van der Waals surface area contributed by atoms with Crippen molar-refractivity contribution < 1.29 is 4.79 Å². The van der Waals surface area contributed by atoms with Gasteiger partial charge in [-0.05, 0) is 18.6 Å². The minimum Gasteiger partial charge on any atom is -0.322 e. The van der Waals surface area contributed by atoms with Crippen LogP contribution < -0.4 is 5.32 Å². The van der Waals surface area contributed by atoms with Crippen LogP contribution in [-0.4, -0.2) is 39.0 Å². The summed E-state index contributed by atoms with van der Waals surface area (Å²) in [5, 5.41) is 11.1. The van der Waals surface area contributed by atoms with Gasteiger partial charge in [-0.3, -0.25) is 0 Å². The van der Waals surface area contributed by atoms with Crippen LogP contribution in [-0.2, 0) is 0 Å². The number of nitrogens with one attached hydrogen (secondary N) is 1. The van der Waals surface area contributed by atoms with Crippen molar-refractivity contribution in [1.82, 2.24) is 19.9 Å². The molecule has 1 N–H and O–H groups in total. The average molecular weight is 257 g/mol. The molecule has 2 aromatic rings. The molecule has 0 spiro atoms. The van der Waals surface area contributed by atoms with Crippen LogP contribution in [0.3, 0.4) is 0 Å². The molecule has 1 saturated heterocycles. The van der Waals surface area contributed by atoms with Gasteiger partial charge < -0.3 is 10.2 Å². The molecule has 1 aliphatic heterocycles. The summed E-state index contributed by atoms with van der Waals surface area (Å²) in [6, 6.07) is 9.58. The second kappa shape index (κ2) is 5.09. The van der Waals surface area contributed by atoms with Crippen molar-refractivity contribution in [3.63, 3.8) is 0 Å². The highest BCUT2D eigenvalue weighted by Crippen LogP contribution is 2.20. The Balaban J connectivity index is 1.60. The number of carbonyl (C=O) groups is 1. The molecule has 0 aliphatic carbocycles. The number of para-hydroxylation sites is 1. The molecule has 2 amide bonds. The molecular weight excluding hydrogens is 242 g/mol. The van der Waals surface area contributed by atoms with Gasteiger partial charge in [0.1, 0.15) is 0 Å². The molecule has 0 bridgehead atoms. The number of amides is 2. The normalized spacial score (nSPS) is 18.5. The van der Waals surface area contributed by atoms with Gasteiger partial charge in [0.25, 0.3) is 0 Å². The van der Waals surface area contributed by atoms with Crippen LogP contribution >= 0.6 is 0 Å². The smallest absolute Gasteiger partial charge is 0.321 e. The Kier molecular flexibility index (Phi) is 3.14. The number of nitrogens with zero attached hydrogens (tertiary/aromatic N) is 4. The molecule has 1 aromatic heterocycles. The fraction of sp³-hybridized carbons (Fsp3) is 0.308. The first-order valence-electron chi connectivity index (χ1n) is 6.30. The summed E-state index contributed by atoms with van der Waals surface area (Å²) in [4.78, 5) is 15.6. The Labute approximate surface area is 111 Å². The number of benzene rings is 1.